The van der Waals surface area contributed by atoms with E-state index in [4.69, 9.17) is 4.74 Å². The molecule has 2 atom stereocenters. The smallest absolute Gasteiger partial charge is 0.256 e. The van der Waals surface area contributed by atoms with Gasteiger partial charge in [0.15, 0.2) is 0 Å². The Morgan fingerprint density at radius 2 is 2.09 bits per heavy atom. The third kappa shape index (κ3) is 4.27. The first-order valence-electron chi connectivity index (χ1n) is 10.2. The molecule has 0 radical (unpaired) electrons. The average Bonchev–Trinajstić information content (AvgIpc) is 3.11. The zero-order valence-electron chi connectivity index (χ0n) is 17.4. The number of rotatable bonds is 7. The van der Waals surface area contributed by atoms with E-state index < -0.39 is 24.2 Å². The number of fused-ring (bicyclic) bond motifs is 1. The molecule has 1 fully saturated rings. The molecule has 2 aliphatic heterocycles. The fourth-order valence-corrected chi connectivity index (χ4v) is 3.89. The van der Waals surface area contributed by atoms with E-state index in [1.165, 1.54) is 30.1 Å². The van der Waals surface area contributed by atoms with Crippen LogP contribution in [0.15, 0.2) is 36.4 Å². The summed E-state index contributed by atoms with van der Waals surface area (Å²) in [6.07, 6.45) is -0.756. The Balaban J connectivity index is 1.50. The zero-order valence-corrected chi connectivity index (χ0v) is 17.4. The van der Waals surface area contributed by atoms with Crippen LogP contribution in [0.3, 0.4) is 0 Å². The summed E-state index contributed by atoms with van der Waals surface area (Å²) in [6.45, 7) is 0.325. The van der Waals surface area contributed by atoms with Gasteiger partial charge in [-0.25, -0.2) is 4.39 Å². The van der Waals surface area contributed by atoms with Gasteiger partial charge in [0.1, 0.15) is 17.6 Å². The predicted molar refractivity (Wildman–Crippen MR) is 112 cm³/mol. The number of hydrogen-bond donors (Lipinski definition) is 4. The summed E-state index contributed by atoms with van der Waals surface area (Å²) in [5, 5.41) is 17.5. The van der Waals surface area contributed by atoms with Crippen molar-refractivity contribution in [2.75, 3.05) is 12.4 Å². The molecule has 1 saturated heterocycles. The van der Waals surface area contributed by atoms with Gasteiger partial charge in [-0.1, -0.05) is 6.07 Å². The van der Waals surface area contributed by atoms with Gasteiger partial charge in [0.05, 0.1) is 0 Å². The second-order valence-corrected chi connectivity index (χ2v) is 7.60. The van der Waals surface area contributed by atoms with E-state index in [2.05, 4.69) is 16.0 Å². The molecule has 4 N–H and O–H groups in total. The number of ether oxygens (including phenoxy) is 1. The number of piperidine rings is 1. The van der Waals surface area contributed by atoms with Crippen molar-refractivity contribution in [1.82, 2.24) is 15.5 Å². The van der Waals surface area contributed by atoms with Gasteiger partial charge in [0.25, 0.3) is 12.3 Å². The molecular formula is C22H23FN4O5. The molecule has 2 heterocycles. The highest BCUT2D eigenvalue weighted by molar-refractivity contribution is 6.06. The van der Waals surface area contributed by atoms with Crippen LogP contribution in [-0.2, 0) is 22.7 Å². The number of aliphatic hydroxyl groups is 1. The van der Waals surface area contributed by atoms with E-state index >= 15 is 0 Å². The Labute approximate surface area is 183 Å². The first kappa shape index (κ1) is 21.7. The predicted octanol–water partition coefficient (Wildman–Crippen LogP) is 1.07. The molecule has 0 aliphatic carbocycles. The maximum atomic E-state index is 14.3. The Bertz CT molecular complexity index is 1080. The lowest BCUT2D eigenvalue weighted by Gasteiger charge is -2.29. The number of anilines is 1. The number of carbonyl (C=O) groups excluding carboxylic acids is 3. The molecule has 168 valence electrons. The van der Waals surface area contributed by atoms with Gasteiger partial charge in [0.2, 0.25) is 11.8 Å². The van der Waals surface area contributed by atoms with Gasteiger partial charge in [-0.3, -0.25) is 25.0 Å². The lowest BCUT2D eigenvalue weighted by Crippen LogP contribution is -2.52. The minimum Gasteiger partial charge on any atom is -0.451 e. The number of aliphatic hydroxyl groups excluding tert-OH is 1. The summed E-state index contributed by atoms with van der Waals surface area (Å²) in [7, 11) is 1.52. The van der Waals surface area contributed by atoms with Crippen molar-refractivity contribution in [2.24, 2.45) is 0 Å². The molecule has 2 unspecified atom stereocenters. The normalized spacial score (nSPS) is 18.9. The van der Waals surface area contributed by atoms with E-state index in [9.17, 15) is 23.9 Å². The van der Waals surface area contributed by atoms with E-state index in [0.29, 0.717) is 28.1 Å². The van der Waals surface area contributed by atoms with E-state index in [0.717, 1.165) is 0 Å². The molecule has 2 aromatic rings. The molecule has 0 aromatic heterocycles. The molecule has 32 heavy (non-hydrogen) atoms. The highest BCUT2D eigenvalue weighted by Gasteiger charge is 2.39. The molecule has 3 amide bonds. The van der Waals surface area contributed by atoms with Gasteiger partial charge in [-0.15, -0.1) is 0 Å². The highest BCUT2D eigenvalue weighted by Crippen LogP contribution is 2.32. The van der Waals surface area contributed by atoms with Crippen LogP contribution in [0.1, 0.15) is 34.3 Å². The quantitative estimate of drug-likeness (QED) is 0.374. The topological polar surface area (TPSA) is 120 Å². The van der Waals surface area contributed by atoms with E-state index in [1.807, 2.05) is 0 Å². The van der Waals surface area contributed by atoms with Crippen LogP contribution >= 0.6 is 0 Å². The number of imide groups is 1. The second kappa shape index (κ2) is 8.93. The Kier molecular flexibility index (Phi) is 6.06. The Hall–Kier alpha value is -3.50. The average molecular weight is 442 g/mol. The summed E-state index contributed by atoms with van der Waals surface area (Å²) in [4.78, 5) is 38.0. The molecule has 2 aliphatic rings. The van der Waals surface area contributed by atoms with Crippen LogP contribution in [0.2, 0.25) is 0 Å². The second-order valence-electron chi connectivity index (χ2n) is 7.60. The van der Waals surface area contributed by atoms with Crippen LogP contribution in [0.25, 0.3) is 0 Å². The maximum absolute atomic E-state index is 14.3. The van der Waals surface area contributed by atoms with Crippen molar-refractivity contribution >= 4 is 23.4 Å². The number of halogens is 1. The number of nitrogens with one attached hydrogen (secondary N) is 3. The standard InChI is InChI=1S/C22H23FN4O5/c1-24-22(31)32-13-5-6-16(23)12(9-13)10-25-17-4-2-3-14-15(17)11-27(21(14)30)18-7-8-19(28)26-20(18)29/h2-6,9,18,22,24-25,31H,7-8,10-11H2,1H3,(H,26,28,29). The van der Waals surface area contributed by atoms with Crippen molar-refractivity contribution in [1.29, 1.82) is 0 Å². The van der Waals surface area contributed by atoms with Crippen LogP contribution in [-0.4, -0.2) is 47.2 Å². The molecular weight excluding hydrogens is 419 g/mol. The van der Waals surface area contributed by atoms with Gasteiger partial charge in [-0.2, -0.15) is 0 Å². The summed E-state index contributed by atoms with van der Waals surface area (Å²) >= 11 is 0. The number of nitrogens with zero attached hydrogens (tertiary/aromatic N) is 1. The highest BCUT2D eigenvalue weighted by atomic mass is 19.1. The van der Waals surface area contributed by atoms with Crippen LogP contribution in [0, 0.1) is 5.82 Å². The van der Waals surface area contributed by atoms with Crippen molar-refractivity contribution in [3.8, 4) is 5.75 Å². The Morgan fingerprint density at radius 3 is 2.84 bits per heavy atom. The van der Waals surface area contributed by atoms with Gasteiger partial charge >= 0.3 is 0 Å². The monoisotopic (exact) mass is 442 g/mol. The van der Waals surface area contributed by atoms with Crippen LogP contribution < -0.4 is 20.7 Å². The third-order valence-electron chi connectivity index (χ3n) is 5.56. The van der Waals surface area contributed by atoms with Crippen molar-refractivity contribution in [3.63, 3.8) is 0 Å². The number of hydrogen-bond acceptors (Lipinski definition) is 7. The van der Waals surface area contributed by atoms with Gasteiger partial charge in [0, 0.05) is 41.9 Å². The minimum absolute atomic E-state index is 0.113. The molecule has 0 bridgehead atoms. The lowest BCUT2D eigenvalue weighted by molar-refractivity contribution is -0.136. The molecule has 2 aromatic carbocycles. The van der Waals surface area contributed by atoms with E-state index in [1.54, 1.807) is 18.2 Å². The Morgan fingerprint density at radius 1 is 1.28 bits per heavy atom. The molecule has 0 spiro atoms. The van der Waals surface area contributed by atoms with Crippen LogP contribution in [0.4, 0.5) is 10.1 Å². The molecule has 9 nitrogen and oxygen atoms in total. The first-order valence-corrected chi connectivity index (χ1v) is 10.2. The van der Waals surface area contributed by atoms with E-state index in [-0.39, 0.29) is 37.7 Å². The molecule has 10 heteroatoms. The third-order valence-corrected chi connectivity index (χ3v) is 5.56. The first-order chi connectivity index (χ1) is 15.4. The number of carbonyl (C=O) groups is 3. The number of amides is 3. The van der Waals surface area contributed by atoms with Crippen molar-refractivity contribution in [3.05, 3.63) is 58.9 Å². The minimum atomic E-state index is -1.22. The van der Waals surface area contributed by atoms with Crippen molar-refractivity contribution in [2.45, 2.75) is 38.4 Å². The lowest BCUT2D eigenvalue weighted by atomic mass is 10.0. The van der Waals surface area contributed by atoms with Gasteiger partial charge < -0.3 is 20.1 Å². The van der Waals surface area contributed by atoms with Crippen LogP contribution in [0.5, 0.6) is 5.75 Å². The summed E-state index contributed by atoms with van der Waals surface area (Å²) in [6, 6.07) is 8.62. The number of benzene rings is 2. The zero-order chi connectivity index (χ0) is 22.8. The van der Waals surface area contributed by atoms with Crippen molar-refractivity contribution < 1.29 is 28.6 Å². The largest absolute Gasteiger partial charge is 0.451 e. The fraction of sp³-hybridized carbons (Fsp3) is 0.318. The SMILES string of the molecule is CNC(O)Oc1ccc(F)c(CNc2cccc3c2CN(C2CCC(=O)NC2=O)C3=O)c1. The fourth-order valence-electron chi connectivity index (χ4n) is 3.89. The molecule has 4 rings (SSSR count). The summed E-state index contributed by atoms with van der Waals surface area (Å²) < 4.78 is 19.5. The summed E-state index contributed by atoms with van der Waals surface area (Å²) in [5.74, 6) is -1.24. The summed E-state index contributed by atoms with van der Waals surface area (Å²) in [5.41, 5.74) is 2.14. The molecule has 0 saturated carbocycles. The maximum Gasteiger partial charge on any atom is 0.256 e. The van der Waals surface area contributed by atoms with Gasteiger partial charge in [-0.05, 0) is 43.8 Å².